The molecule has 0 saturated heterocycles. The molecule has 7 nitrogen and oxygen atoms in total. The van der Waals surface area contributed by atoms with Crippen LogP contribution in [0.15, 0.2) is 82.6 Å². The third kappa shape index (κ3) is 6.32. The highest BCUT2D eigenvalue weighted by atomic mass is 32.2. The van der Waals surface area contributed by atoms with Crippen molar-refractivity contribution in [2.75, 3.05) is 30.9 Å². The van der Waals surface area contributed by atoms with Crippen molar-refractivity contribution in [3.63, 3.8) is 0 Å². The lowest BCUT2D eigenvalue weighted by Gasteiger charge is -2.29. The minimum Gasteiger partial charge on any atom is -0.362 e. The molecule has 0 unspecified atom stereocenters. The summed E-state index contributed by atoms with van der Waals surface area (Å²) in [4.78, 5) is 26.4. The van der Waals surface area contributed by atoms with Crippen molar-refractivity contribution in [1.29, 1.82) is 5.26 Å². The molecule has 1 saturated carbocycles. The average Bonchev–Trinajstić information content (AvgIpc) is 2.96. The Balaban J connectivity index is 1.16. The number of amides is 1. The zero-order valence-electron chi connectivity index (χ0n) is 22.2. The molecule has 5 rings (SSSR count). The van der Waals surface area contributed by atoms with Crippen molar-refractivity contribution in [3.05, 3.63) is 83.9 Å². The molecule has 0 atom stereocenters. The van der Waals surface area contributed by atoms with Crippen molar-refractivity contribution in [1.82, 2.24) is 15.3 Å². The topological polar surface area (TPSA) is 93.9 Å². The zero-order chi connectivity index (χ0) is 27.2. The van der Waals surface area contributed by atoms with Gasteiger partial charge in [-0.25, -0.2) is 4.98 Å². The molecule has 1 aromatic heterocycles. The molecule has 39 heavy (non-hydrogen) atoms. The number of nitrogens with one attached hydrogen (secondary N) is 2. The van der Waals surface area contributed by atoms with E-state index in [1.807, 2.05) is 79.7 Å². The Bertz CT molecular complexity index is 1510. The lowest BCUT2D eigenvalue weighted by molar-refractivity contribution is 0.0940. The van der Waals surface area contributed by atoms with Gasteiger partial charge in [0.05, 0.1) is 16.6 Å². The first-order valence-electron chi connectivity index (χ1n) is 13.3. The Morgan fingerprint density at radius 2 is 1.64 bits per heavy atom. The number of anilines is 2. The summed E-state index contributed by atoms with van der Waals surface area (Å²) in [5, 5.41) is 17.2. The Hall–Kier alpha value is -4.09. The van der Waals surface area contributed by atoms with Crippen LogP contribution < -0.4 is 15.5 Å². The van der Waals surface area contributed by atoms with Gasteiger partial charge in [0.25, 0.3) is 5.91 Å². The second kappa shape index (κ2) is 12.2. The molecule has 1 fully saturated rings. The number of rotatable bonds is 8. The number of carbonyl (C=O) groups is 1. The number of benzene rings is 3. The first kappa shape index (κ1) is 26.5. The quantitative estimate of drug-likeness (QED) is 0.280. The lowest BCUT2D eigenvalue weighted by atomic mass is 9.86. The Labute approximate surface area is 233 Å². The van der Waals surface area contributed by atoms with Crippen LogP contribution in [0.4, 0.5) is 11.8 Å². The maximum atomic E-state index is 13.1. The van der Waals surface area contributed by atoms with Gasteiger partial charge in [0.1, 0.15) is 11.9 Å². The molecule has 0 radical (unpaired) electrons. The molecule has 1 heterocycles. The maximum Gasteiger partial charge on any atom is 0.252 e. The number of para-hydroxylation sites is 1. The largest absolute Gasteiger partial charge is 0.362 e. The number of nitriles is 1. The number of hydrogen-bond donors (Lipinski definition) is 2. The average molecular weight is 537 g/mol. The van der Waals surface area contributed by atoms with Gasteiger partial charge in [-0.3, -0.25) is 4.79 Å². The standard InChI is InChI=1S/C31H32N6OS/c1-37(2)29-24-10-4-6-12-26(24)35-31(36-29)34-23-17-15-21(16-18-23)20-33-30(38)25-11-5-8-14-28(25)39-27-13-7-3-9-22(27)19-32/h3-14,21,23H,15-18,20H2,1-2H3,(H,33,38)(H,34,35,36). The summed E-state index contributed by atoms with van der Waals surface area (Å²) >= 11 is 1.45. The third-order valence-corrected chi connectivity index (χ3v) is 8.25. The van der Waals surface area contributed by atoms with E-state index in [0.717, 1.165) is 52.2 Å². The van der Waals surface area contributed by atoms with E-state index in [2.05, 4.69) is 22.8 Å². The van der Waals surface area contributed by atoms with Crippen molar-refractivity contribution < 1.29 is 4.79 Å². The molecule has 4 aromatic rings. The number of hydrogen-bond acceptors (Lipinski definition) is 7. The van der Waals surface area contributed by atoms with Crippen LogP contribution in [-0.2, 0) is 0 Å². The summed E-state index contributed by atoms with van der Waals surface area (Å²) in [6.07, 6.45) is 4.06. The number of aromatic nitrogens is 2. The van der Waals surface area contributed by atoms with Gasteiger partial charge < -0.3 is 15.5 Å². The predicted octanol–water partition coefficient (Wildman–Crippen LogP) is 6.12. The summed E-state index contributed by atoms with van der Waals surface area (Å²) in [5.41, 5.74) is 2.18. The molecule has 1 aliphatic rings. The van der Waals surface area contributed by atoms with Crippen LogP contribution in [0.5, 0.6) is 0 Å². The molecule has 198 valence electrons. The highest BCUT2D eigenvalue weighted by molar-refractivity contribution is 7.99. The third-order valence-electron chi connectivity index (χ3n) is 7.10. The van der Waals surface area contributed by atoms with E-state index in [9.17, 15) is 10.1 Å². The van der Waals surface area contributed by atoms with E-state index in [1.54, 1.807) is 6.07 Å². The van der Waals surface area contributed by atoms with E-state index in [1.165, 1.54) is 11.8 Å². The van der Waals surface area contributed by atoms with Gasteiger partial charge in [-0.15, -0.1) is 0 Å². The summed E-state index contributed by atoms with van der Waals surface area (Å²) in [7, 11) is 4.00. The molecule has 3 aromatic carbocycles. The summed E-state index contributed by atoms with van der Waals surface area (Å²) in [6, 6.07) is 25.7. The summed E-state index contributed by atoms with van der Waals surface area (Å²) < 4.78 is 0. The normalized spacial score (nSPS) is 16.8. The van der Waals surface area contributed by atoms with Crippen LogP contribution in [0.25, 0.3) is 10.9 Å². The van der Waals surface area contributed by atoms with Crippen LogP contribution in [0.1, 0.15) is 41.6 Å². The first-order valence-corrected chi connectivity index (χ1v) is 14.1. The monoisotopic (exact) mass is 536 g/mol. The Morgan fingerprint density at radius 1 is 0.949 bits per heavy atom. The second-order valence-electron chi connectivity index (χ2n) is 10.1. The summed E-state index contributed by atoms with van der Waals surface area (Å²) in [6.45, 7) is 0.649. The van der Waals surface area contributed by atoms with Gasteiger partial charge in [0.15, 0.2) is 0 Å². The SMILES string of the molecule is CN(C)c1nc(NC2CCC(CNC(=O)c3ccccc3Sc3ccccc3C#N)CC2)nc2ccccc12. The first-order chi connectivity index (χ1) is 19.0. The molecule has 8 heteroatoms. The fraction of sp³-hybridized carbons (Fsp3) is 0.290. The molecular formula is C31H32N6OS. The van der Waals surface area contributed by atoms with Gasteiger partial charge in [-0.05, 0) is 68.0 Å². The van der Waals surface area contributed by atoms with Gasteiger partial charge >= 0.3 is 0 Å². The molecule has 1 amide bonds. The Kier molecular flexibility index (Phi) is 8.28. The van der Waals surface area contributed by atoms with E-state index in [-0.39, 0.29) is 5.91 Å². The van der Waals surface area contributed by atoms with E-state index in [4.69, 9.17) is 9.97 Å². The van der Waals surface area contributed by atoms with E-state index >= 15 is 0 Å². The lowest BCUT2D eigenvalue weighted by Crippen LogP contribution is -2.34. The molecular weight excluding hydrogens is 504 g/mol. The maximum absolute atomic E-state index is 13.1. The van der Waals surface area contributed by atoms with Crippen molar-refractivity contribution >= 4 is 40.3 Å². The fourth-order valence-corrected chi connectivity index (χ4v) is 6.03. The molecule has 0 spiro atoms. The number of nitrogens with zero attached hydrogens (tertiary/aromatic N) is 4. The van der Waals surface area contributed by atoms with E-state index in [0.29, 0.717) is 35.6 Å². The van der Waals surface area contributed by atoms with Crippen molar-refractivity contribution in [3.8, 4) is 6.07 Å². The van der Waals surface area contributed by atoms with Crippen molar-refractivity contribution in [2.24, 2.45) is 5.92 Å². The molecule has 2 N–H and O–H groups in total. The van der Waals surface area contributed by atoms with Crippen LogP contribution in [0.3, 0.4) is 0 Å². The smallest absolute Gasteiger partial charge is 0.252 e. The summed E-state index contributed by atoms with van der Waals surface area (Å²) in [5.74, 6) is 1.94. The van der Waals surface area contributed by atoms with Crippen LogP contribution in [0.2, 0.25) is 0 Å². The van der Waals surface area contributed by atoms with Crippen LogP contribution >= 0.6 is 11.8 Å². The van der Waals surface area contributed by atoms with Gasteiger partial charge in [-0.2, -0.15) is 10.2 Å². The van der Waals surface area contributed by atoms with Gasteiger partial charge in [0, 0.05) is 41.9 Å². The molecule has 0 bridgehead atoms. The predicted molar refractivity (Wildman–Crippen MR) is 157 cm³/mol. The Morgan fingerprint density at radius 3 is 2.41 bits per heavy atom. The fourth-order valence-electron chi connectivity index (χ4n) is 5.00. The van der Waals surface area contributed by atoms with Gasteiger partial charge in [-0.1, -0.05) is 48.2 Å². The minimum absolute atomic E-state index is 0.0754. The molecule has 1 aliphatic carbocycles. The minimum atomic E-state index is -0.0754. The zero-order valence-corrected chi connectivity index (χ0v) is 23.0. The molecule has 0 aliphatic heterocycles. The van der Waals surface area contributed by atoms with Crippen molar-refractivity contribution in [2.45, 2.75) is 41.5 Å². The van der Waals surface area contributed by atoms with Crippen LogP contribution in [0, 0.1) is 17.2 Å². The highest BCUT2D eigenvalue weighted by Crippen LogP contribution is 2.33. The van der Waals surface area contributed by atoms with E-state index < -0.39 is 0 Å². The number of fused-ring (bicyclic) bond motifs is 1. The van der Waals surface area contributed by atoms with Gasteiger partial charge in [0.2, 0.25) is 5.95 Å². The van der Waals surface area contributed by atoms with Crippen LogP contribution in [-0.4, -0.2) is 42.6 Å². The number of carbonyl (C=O) groups excluding carboxylic acids is 1. The second-order valence-corrected chi connectivity index (χ2v) is 11.1. The highest BCUT2D eigenvalue weighted by Gasteiger charge is 2.23.